The number of carbonyl (C=O) groups is 2. The Morgan fingerprint density at radius 2 is 1.96 bits per heavy atom. The van der Waals surface area contributed by atoms with Crippen LogP contribution >= 0.6 is 0 Å². The summed E-state index contributed by atoms with van der Waals surface area (Å²) in [5.74, 6) is -1.58. The average molecular weight is 330 g/mol. The van der Waals surface area contributed by atoms with Crippen molar-refractivity contribution in [3.63, 3.8) is 0 Å². The third-order valence-corrected chi connectivity index (χ3v) is 4.15. The van der Waals surface area contributed by atoms with E-state index in [1.165, 1.54) is 4.90 Å². The summed E-state index contributed by atoms with van der Waals surface area (Å²) in [5.41, 5.74) is 0.942. The molecule has 0 saturated carbocycles. The van der Waals surface area contributed by atoms with Crippen LogP contribution in [0.5, 0.6) is 0 Å². The Balaban J connectivity index is 1.89. The molecule has 0 unspecified atom stereocenters. The van der Waals surface area contributed by atoms with Gasteiger partial charge in [-0.1, -0.05) is 30.3 Å². The molecular weight excluding hydrogens is 312 g/mol. The second-order valence-corrected chi connectivity index (χ2v) is 5.80. The van der Waals surface area contributed by atoms with Gasteiger partial charge in [-0.3, -0.25) is 9.69 Å². The monoisotopic (exact) mass is 330 g/mol. The number of nitrogens with zero attached hydrogens (tertiary/aromatic N) is 5. The molecule has 1 saturated heterocycles. The lowest BCUT2D eigenvalue weighted by molar-refractivity contribution is -0.138. The van der Waals surface area contributed by atoms with Gasteiger partial charge in [0.05, 0.1) is 0 Å². The maximum atomic E-state index is 12.9. The lowest BCUT2D eigenvalue weighted by atomic mass is 10.1. The van der Waals surface area contributed by atoms with E-state index in [0.29, 0.717) is 19.4 Å². The second kappa shape index (κ2) is 6.73. The number of rotatable bonds is 4. The molecule has 1 fully saturated rings. The van der Waals surface area contributed by atoms with E-state index in [2.05, 4.69) is 26.0 Å². The molecule has 1 aromatic carbocycles. The summed E-state index contributed by atoms with van der Waals surface area (Å²) < 4.78 is 0. The zero-order valence-electron chi connectivity index (χ0n) is 13.0. The maximum absolute atomic E-state index is 12.9. The van der Waals surface area contributed by atoms with E-state index in [4.69, 9.17) is 5.11 Å². The van der Waals surface area contributed by atoms with E-state index >= 15 is 0 Å². The Bertz CT molecular complexity index is 663. The zero-order chi connectivity index (χ0) is 17.0. The van der Waals surface area contributed by atoms with Crippen LogP contribution < -0.4 is 5.32 Å². The van der Waals surface area contributed by atoms with Crippen LogP contribution in [0, 0.1) is 0 Å². The van der Waals surface area contributed by atoms with Crippen LogP contribution in [0.4, 0.5) is 4.79 Å². The van der Waals surface area contributed by atoms with Crippen molar-refractivity contribution < 1.29 is 14.7 Å². The van der Waals surface area contributed by atoms with Gasteiger partial charge >= 0.3 is 6.09 Å². The summed E-state index contributed by atoms with van der Waals surface area (Å²) >= 11 is 0. The van der Waals surface area contributed by atoms with Gasteiger partial charge in [-0.05, 0) is 35.3 Å². The Morgan fingerprint density at radius 1 is 1.25 bits per heavy atom. The third kappa shape index (κ3) is 3.24. The molecule has 0 spiro atoms. The maximum Gasteiger partial charge on any atom is 0.405 e. The highest BCUT2D eigenvalue weighted by molar-refractivity contribution is 5.86. The Labute approximate surface area is 138 Å². The predicted molar refractivity (Wildman–Crippen MR) is 83.1 cm³/mol. The minimum atomic E-state index is -1.23. The zero-order valence-corrected chi connectivity index (χ0v) is 13.0. The molecule has 2 aliphatic rings. The van der Waals surface area contributed by atoms with Crippen LogP contribution in [0.3, 0.4) is 0 Å². The van der Waals surface area contributed by atoms with Crippen molar-refractivity contribution in [3.8, 4) is 0 Å². The van der Waals surface area contributed by atoms with Crippen LogP contribution in [0.15, 0.2) is 51.0 Å². The predicted octanol–water partition coefficient (Wildman–Crippen LogP) is 2.36. The van der Waals surface area contributed by atoms with Crippen LogP contribution in [-0.4, -0.2) is 40.4 Å². The van der Waals surface area contributed by atoms with E-state index < -0.39 is 17.9 Å². The average Bonchev–Trinajstić information content (AvgIpc) is 2.95. The first kappa shape index (κ1) is 16.0. The Hall–Kier alpha value is -2.84. The molecule has 0 aromatic heterocycles. The van der Waals surface area contributed by atoms with Gasteiger partial charge in [-0.2, -0.15) is 0 Å². The van der Waals surface area contributed by atoms with Gasteiger partial charge in [0.2, 0.25) is 5.91 Å². The minimum absolute atomic E-state index is 0.340. The smallest absolute Gasteiger partial charge is 0.405 e. The fraction of sp³-hybridized carbons (Fsp3) is 0.467. The number of likely N-dealkylation sites (tertiary alicyclic amines) is 1. The summed E-state index contributed by atoms with van der Waals surface area (Å²) in [6, 6.07) is 8.72. The number of carbonyl (C=O) groups excluding carboxylic acids is 1. The highest BCUT2D eigenvalue weighted by Crippen LogP contribution is 2.32. The van der Waals surface area contributed by atoms with Crippen LogP contribution in [-0.2, 0) is 11.2 Å². The largest absolute Gasteiger partial charge is 0.465 e. The molecule has 0 radical (unpaired) electrons. The molecular formula is C15H18N6O3. The first-order valence-electron chi connectivity index (χ1n) is 7.80. The quantitative estimate of drug-likeness (QED) is 0.881. The molecule has 2 heterocycles. The lowest BCUT2D eigenvalue weighted by Gasteiger charge is -2.34. The van der Waals surface area contributed by atoms with Gasteiger partial charge in [-0.25, -0.2) is 4.79 Å². The van der Waals surface area contributed by atoms with Crippen LogP contribution in [0.25, 0.3) is 0 Å². The molecule has 1 atom stereocenters. The summed E-state index contributed by atoms with van der Waals surface area (Å²) in [5, 5.41) is 26.7. The molecule has 2 N–H and O–H groups in total. The van der Waals surface area contributed by atoms with Crippen molar-refractivity contribution in [2.45, 2.75) is 37.5 Å². The normalized spacial score (nSPS) is 22.4. The number of nitrogens with one attached hydrogen (secondary N) is 1. The Morgan fingerprint density at radius 3 is 2.62 bits per heavy atom. The van der Waals surface area contributed by atoms with Crippen molar-refractivity contribution in [1.29, 1.82) is 0 Å². The molecule has 0 bridgehead atoms. The van der Waals surface area contributed by atoms with Gasteiger partial charge in [-0.15, -0.1) is 10.2 Å². The molecule has 9 heteroatoms. The SMILES string of the molecule is O=C(O)N[C@H]1CCCCN(C2(Cc3ccccc3)N=NN=N2)C1=O. The molecule has 24 heavy (non-hydrogen) atoms. The fourth-order valence-corrected chi connectivity index (χ4v) is 3.03. The summed E-state index contributed by atoms with van der Waals surface area (Å²) in [6.07, 6.45) is 1.06. The van der Waals surface area contributed by atoms with Gasteiger partial charge in [0, 0.05) is 13.0 Å². The second-order valence-electron chi connectivity index (χ2n) is 5.80. The van der Waals surface area contributed by atoms with E-state index in [9.17, 15) is 9.59 Å². The first-order valence-corrected chi connectivity index (χ1v) is 7.80. The van der Waals surface area contributed by atoms with Gasteiger partial charge in [0.15, 0.2) is 0 Å². The van der Waals surface area contributed by atoms with Crippen LogP contribution in [0.1, 0.15) is 24.8 Å². The highest BCUT2D eigenvalue weighted by Gasteiger charge is 2.46. The summed E-state index contributed by atoms with van der Waals surface area (Å²) in [7, 11) is 0. The first-order chi connectivity index (χ1) is 11.6. The van der Waals surface area contributed by atoms with Crippen molar-refractivity contribution in [2.24, 2.45) is 20.7 Å². The molecule has 126 valence electrons. The minimum Gasteiger partial charge on any atom is -0.465 e. The number of benzene rings is 1. The highest BCUT2D eigenvalue weighted by atomic mass is 16.4. The molecule has 0 aliphatic carbocycles. The Kier molecular flexibility index (Phi) is 4.50. The summed E-state index contributed by atoms with van der Waals surface area (Å²) in [4.78, 5) is 25.3. The standard InChI is InChI=1S/C15H18N6O3/c22-13-12(16-14(23)24)8-4-5-9-21(13)15(17-19-20-18-15)10-11-6-2-1-3-7-11/h1-3,6-7,12,16H,4-5,8-10H2,(H,23,24)/t12-/m0/s1. The number of hydrogen-bond donors (Lipinski definition) is 2. The number of carboxylic acid groups (broad SMARTS) is 1. The van der Waals surface area contributed by atoms with E-state index in [1.807, 2.05) is 30.3 Å². The van der Waals surface area contributed by atoms with E-state index in [0.717, 1.165) is 18.4 Å². The molecule has 2 aliphatic heterocycles. The third-order valence-electron chi connectivity index (χ3n) is 4.15. The topological polar surface area (TPSA) is 119 Å². The lowest BCUT2D eigenvalue weighted by Crippen LogP contribution is -2.56. The number of amides is 2. The van der Waals surface area contributed by atoms with Crippen molar-refractivity contribution in [3.05, 3.63) is 35.9 Å². The van der Waals surface area contributed by atoms with E-state index in [1.54, 1.807) is 0 Å². The molecule has 2 amide bonds. The summed E-state index contributed by atoms with van der Waals surface area (Å²) in [6.45, 7) is 0.432. The van der Waals surface area contributed by atoms with Crippen molar-refractivity contribution >= 4 is 12.0 Å². The van der Waals surface area contributed by atoms with Crippen molar-refractivity contribution in [1.82, 2.24) is 10.2 Å². The molecule has 1 aromatic rings. The molecule has 9 nitrogen and oxygen atoms in total. The van der Waals surface area contributed by atoms with Gasteiger partial charge in [0.1, 0.15) is 6.04 Å². The molecule has 3 rings (SSSR count). The fourth-order valence-electron chi connectivity index (χ4n) is 3.03. The van der Waals surface area contributed by atoms with Gasteiger partial charge < -0.3 is 10.4 Å². The number of hydrogen-bond acceptors (Lipinski definition) is 6. The van der Waals surface area contributed by atoms with E-state index in [-0.39, 0.29) is 5.91 Å². The van der Waals surface area contributed by atoms with Gasteiger partial charge in [0.25, 0.3) is 5.79 Å². The van der Waals surface area contributed by atoms with Crippen molar-refractivity contribution in [2.75, 3.05) is 6.54 Å². The van der Waals surface area contributed by atoms with Crippen LogP contribution in [0.2, 0.25) is 0 Å².